The largest absolute Gasteiger partial charge is 0.343 e. The van der Waals surface area contributed by atoms with Crippen molar-refractivity contribution in [1.29, 1.82) is 5.26 Å². The average molecular weight is 322 g/mol. The van der Waals surface area contributed by atoms with Gasteiger partial charge in [0.05, 0.1) is 6.07 Å². The lowest BCUT2D eigenvalue weighted by molar-refractivity contribution is -0.132. The first kappa shape index (κ1) is 15.7. The number of carbonyl (C=O) groups is 1. The van der Waals surface area contributed by atoms with Crippen molar-refractivity contribution in [3.8, 4) is 6.07 Å². The lowest BCUT2D eigenvalue weighted by Gasteiger charge is -2.63. The van der Waals surface area contributed by atoms with Crippen LogP contribution in [0, 0.1) is 40.9 Å². The van der Waals surface area contributed by atoms with Crippen molar-refractivity contribution >= 4 is 5.91 Å². The van der Waals surface area contributed by atoms with Crippen LogP contribution in [0.25, 0.3) is 0 Å². The molecule has 1 amide bonds. The van der Waals surface area contributed by atoms with Gasteiger partial charge in [0.25, 0.3) is 0 Å². The first-order chi connectivity index (χ1) is 11.6. The molecule has 0 unspecified atom stereocenters. The first-order valence-electron chi connectivity index (χ1n) is 9.34. The summed E-state index contributed by atoms with van der Waals surface area (Å²) < 4.78 is 0. The highest BCUT2D eigenvalue weighted by atomic mass is 16.1. The van der Waals surface area contributed by atoms with E-state index in [-0.39, 0.29) is 17.9 Å². The molecule has 1 aromatic rings. The second kappa shape index (κ2) is 5.92. The number of nitriles is 1. The smallest absolute Gasteiger partial charge is 0.221 e. The van der Waals surface area contributed by atoms with Crippen molar-refractivity contribution in [2.24, 2.45) is 29.6 Å². The van der Waals surface area contributed by atoms with Crippen LogP contribution in [0.2, 0.25) is 0 Å². The van der Waals surface area contributed by atoms with E-state index in [9.17, 15) is 4.79 Å². The third-order valence-corrected chi connectivity index (χ3v) is 7.42. The quantitative estimate of drug-likeness (QED) is 0.860. The number of rotatable bonds is 4. The molecule has 0 heterocycles. The second-order valence-corrected chi connectivity index (χ2v) is 8.23. The van der Waals surface area contributed by atoms with E-state index in [1.54, 1.807) is 0 Å². The minimum atomic E-state index is -0.0199. The normalized spacial score (nSPS) is 39.4. The molecule has 4 bridgehead atoms. The monoisotopic (exact) mass is 322 g/mol. The highest BCUT2D eigenvalue weighted by molar-refractivity contribution is 5.78. The summed E-state index contributed by atoms with van der Waals surface area (Å²) >= 11 is 0. The number of nitrogens with one attached hydrogen (secondary N) is 1. The molecule has 3 heteroatoms. The Hall–Kier alpha value is -1.82. The van der Waals surface area contributed by atoms with Crippen molar-refractivity contribution in [3.63, 3.8) is 0 Å². The standard InChI is InChI=1S/C21H26N2O/c1-14-15-9-18-11-16(14)12-19(10-15)21(18,13-20(24)23-8-7-22)17-5-3-2-4-6-17/h2-6,14-16,18-19H,8-13H2,1H3,(H,23,24). The number of nitrogens with zero attached hydrogens (tertiary/aromatic N) is 1. The molecule has 126 valence electrons. The zero-order valence-corrected chi connectivity index (χ0v) is 14.4. The fraction of sp³-hybridized carbons (Fsp3) is 0.619. The minimum absolute atomic E-state index is 0.0199. The molecule has 0 aliphatic heterocycles. The molecule has 0 radical (unpaired) electrons. The van der Waals surface area contributed by atoms with E-state index < -0.39 is 0 Å². The van der Waals surface area contributed by atoms with Crippen molar-refractivity contribution in [2.75, 3.05) is 6.54 Å². The van der Waals surface area contributed by atoms with Crippen LogP contribution in [0.4, 0.5) is 0 Å². The molecular weight excluding hydrogens is 296 g/mol. The number of benzene rings is 1. The molecule has 5 rings (SSSR count). The summed E-state index contributed by atoms with van der Waals surface area (Å²) in [7, 11) is 0. The molecule has 4 aliphatic carbocycles. The summed E-state index contributed by atoms with van der Waals surface area (Å²) in [5.74, 6) is 3.84. The van der Waals surface area contributed by atoms with Crippen LogP contribution >= 0.6 is 0 Å². The predicted octanol–water partition coefficient (Wildman–Crippen LogP) is 3.66. The van der Waals surface area contributed by atoms with Gasteiger partial charge in [-0.25, -0.2) is 0 Å². The molecule has 4 saturated carbocycles. The van der Waals surface area contributed by atoms with Gasteiger partial charge in [-0.15, -0.1) is 0 Å². The topological polar surface area (TPSA) is 52.9 Å². The maximum Gasteiger partial charge on any atom is 0.221 e. The number of carbonyl (C=O) groups excluding carboxylic acids is 1. The Morgan fingerprint density at radius 2 is 1.75 bits per heavy atom. The van der Waals surface area contributed by atoms with Crippen LogP contribution in [0.5, 0.6) is 0 Å². The Kier molecular flexibility index (Phi) is 3.87. The third-order valence-electron chi connectivity index (χ3n) is 7.42. The Labute approximate surface area is 144 Å². The van der Waals surface area contributed by atoms with Crippen LogP contribution in [0.15, 0.2) is 30.3 Å². The van der Waals surface area contributed by atoms with Gasteiger partial charge in [-0.1, -0.05) is 37.3 Å². The van der Waals surface area contributed by atoms with Crippen LogP contribution in [-0.4, -0.2) is 12.5 Å². The van der Waals surface area contributed by atoms with E-state index in [1.807, 2.05) is 6.07 Å². The van der Waals surface area contributed by atoms with Gasteiger partial charge >= 0.3 is 0 Å². The molecule has 4 fully saturated rings. The van der Waals surface area contributed by atoms with Crippen LogP contribution in [0.1, 0.15) is 44.6 Å². The second-order valence-electron chi connectivity index (χ2n) is 8.23. The maximum atomic E-state index is 12.6. The van der Waals surface area contributed by atoms with E-state index >= 15 is 0 Å². The molecule has 3 nitrogen and oxygen atoms in total. The van der Waals surface area contributed by atoms with Gasteiger partial charge in [-0.2, -0.15) is 5.26 Å². The fourth-order valence-electron chi connectivity index (χ4n) is 6.34. The predicted molar refractivity (Wildman–Crippen MR) is 93.0 cm³/mol. The average Bonchev–Trinajstić information content (AvgIpc) is 2.59. The van der Waals surface area contributed by atoms with Gasteiger partial charge in [0.2, 0.25) is 5.91 Å². The van der Waals surface area contributed by atoms with Gasteiger partial charge in [0.15, 0.2) is 0 Å². The molecule has 0 saturated heterocycles. The summed E-state index contributed by atoms with van der Waals surface area (Å²) in [6, 6.07) is 12.8. The first-order valence-corrected chi connectivity index (χ1v) is 9.34. The lowest BCUT2D eigenvalue weighted by atomic mass is 9.41. The van der Waals surface area contributed by atoms with Crippen molar-refractivity contribution in [3.05, 3.63) is 35.9 Å². The maximum absolute atomic E-state index is 12.6. The van der Waals surface area contributed by atoms with Gasteiger partial charge in [-0.05, 0) is 60.8 Å². The van der Waals surface area contributed by atoms with E-state index in [2.05, 4.69) is 42.6 Å². The number of amides is 1. The SMILES string of the molecule is CC1C2CC3CC1CC(C2)C3(CC(=O)NCC#N)c1ccccc1. The summed E-state index contributed by atoms with van der Waals surface area (Å²) in [4.78, 5) is 12.6. The van der Waals surface area contributed by atoms with E-state index in [0.717, 1.165) is 17.8 Å². The minimum Gasteiger partial charge on any atom is -0.343 e. The summed E-state index contributed by atoms with van der Waals surface area (Å²) in [6.07, 6.45) is 5.63. The van der Waals surface area contributed by atoms with Crippen LogP contribution in [-0.2, 0) is 10.2 Å². The van der Waals surface area contributed by atoms with Crippen molar-refractivity contribution in [2.45, 2.75) is 44.4 Å². The summed E-state index contributed by atoms with van der Waals surface area (Å²) in [6.45, 7) is 2.55. The van der Waals surface area contributed by atoms with Crippen LogP contribution in [0.3, 0.4) is 0 Å². The van der Waals surface area contributed by atoms with Crippen molar-refractivity contribution in [1.82, 2.24) is 5.32 Å². The Bertz CT molecular complexity index is 630. The van der Waals surface area contributed by atoms with Gasteiger partial charge in [0, 0.05) is 11.8 Å². The van der Waals surface area contributed by atoms with Crippen LogP contribution < -0.4 is 5.32 Å². The molecule has 0 atom stereocenters. The Morgan fingerprint density at radius 1 is 1.17 bits per heavy atom. The van der Waals surface area contributed by atoms with E-state index in [4.69, 9.17) is 5.26 Å². The highest BCUT2D eigenvalue weighted by Crippen LogP contribution is 2.65. The zero-order chi connectivity index (χ0) is 16.7. The van der Waals surface area contributed by atoms with Gasteiger partial charge < -0.3 is 5.32 Å². The number of hydrogen-bond acceptors (Lipinski definition) is 2. The van der Waals surface area contributed by atoms with E-state index in [1.165, 1.54) is 31.2 Å². The molecule has 0 aromatic heterocycles. The lowest BCUT2D eigenvalue weighted by Crippen LogP contribution is -2.59. The fourth-order valence-corrected chi connectivity index (χ4v) is 6.34. The summed E-state index contributed by atoms with van der Waals surface area (Å²) in [5, 5.41) is 11.6. The molecular formula is C21H26N2O. The van der Waals surface area contributed by atoms with E-state index in [0.29, 0.717) is 18.3 Å². The van der Waals surface area contributed by atoms with Crippen molar-refractivity contribution < 1.29 is 4.79 Å². The van der Waals surface area contributed by atoms with Gasteiger partial charge in [0.1, 0.15) is 6.54 Å². The Balaban J connectivity index is 1.70. The number of hydrogen-bond donors (Lipinski definition) is 1. The molecule has 1 aromatic carbocycles. The van der Waals surface area contributed by atoms with Gasteiger partial charge in [-0.3, -0.25) is 4.79 Å². The Morgan fingerprint density at radius 3 is 2.29 bits per heavy atom. The molecule has 24 heavy (non-hydrogen) atoms. The zero-order valence-electron chi connectivity index (χ0n) is 14.4. The molecule has 1 N–H and O–H groups in total. The highest BCUT2D eigenvalue weighted by Gasteiger charge is 2.60. The third kappa shape index (κ3) is 2.27. The molecule has 0 spiro atoms. The molecule has 4 aliphatic rings. The summed E-state index contributed by atoms with van der Waals surface area (Å²) in [5.41, 5.74) is 1.33.